The van der Waals surface area contributed by atoms with Crippen LogP contribution in [0.4, 0.5) is 11.8 Å². The van der Waals surface area contributed by atoms with E-state index in [4.69, 9.17) is 9.97 Å². The Hall–Kier alpha value is -2.66. The summed E-state index contributed by atoms with van der Waals surface area (Å²) in [5.74, 6) is 1.71. The van der Waals surface area contributed by atoms with Gasteiger partial charge in [-0.2, -0.15) is 4.98 Å². The van der Waals surface area contributed by atoms with E-state index >= 15 is 0 Å². The highest BCUT2D eigenvalue weighted by Crippen LogP contribution is 2.26. The van der Waals surface area contributed by atoms with Crippen LogP contribution in [0.25, 0.3) is 10.9 Å². The molecule has 2 aromatic carbocycles. The van der Waals surface area contributed by atoms with Gasteiger partial charge in [-0.05, 0) is 55.4 Å². The van der Waals surface area contributed by atoms with Gasteiger partial charge < -0.3 is 15.5 Å². The Kier molecular flexibility index (Phi) is 6.48. The summed E-state index contributed by atoms with van der Waals surface area (Å²) in [6.45, 7) is 3.19. The quantitative estimate of drug-likeness (QED) is 0.595. The van der Waals surface area contributed by atoms with Gasteiger partial charge in [0.1, 0.15) is 5.82 Å². The third kappa shape index (κ3) is 4.73. The van der Waals surface area contributed by atoms with Gasteiger partial charge >= 0.3 is 0 Å². The fraction of sp³-hybridized carbons (Fsp3) is 0.440. The maximum absolute atomic E-state index is 4.80. The maximum Gasteiger partial charge on any atom is 0.225 e. The predicted molar refractivity (Wildman–Crippen MR) is 126 cm³/mol. The Labute approximate surface area is 179 Å². The van der Waals surface area contributed by atoms with E-state index in [0.29, 0.717) is 12.1 Å². The lowest BCUT2D eigenvalue weighted by Crippen LogP contribution is -2.37. The predicted octanol–water partition coefficient (Wildman–Crippen LogP) is 4.77. The Morgan fingerprint density at radius 1 is 0.867 bits per heavy atom. The first-order valence-corrected chi connectivity index (χ1v) is 11.1. The summed E-state index contributed by atoms with van der Waals surface area (Å²) >= 11 is 0. The molecule has 0 spiro atoms. The molecule has 30 heavy (non-hydrogen) atoms. The summed E-state index contributed by atoms with van der Waals surface area (Å²) in [6, 6.07) is 18.0. The lowest BCUT2D eigenvalue weighted by Gasteiger charge is -2.30. The van der Waals surface area contributed by atoms with Gasteiger partial charge in [-0.15, -0.1) is 0 Å². The number of benzene rings is 2. The van der Waals surface area contributed by atoms with Gasteiger partial charge in [0.2, 0.25) is 5.95 Å². The zero-order chi connectivity index (χ0) is 20.9. The van der Waals surface area contributed by atoms with E-state index in [2.05, 4.69) is 58.9 Å². The highest BCUT2D eigenvalue weighted by atomic mass is 15.2. The highest BCUT2D eigenvalue weighted by Gasteiger charge is 2.22. The summed E-state index contributed by atoms with van der Waals surface area (Å²) in [5, 5.41) is 8.47. The standard InChI is InChI=1S/C25H33N5/c1-4-18-9-5-6-10-19(18)17-26-20-13-15-21(16-14-20)27-25-28-23-12-8-7-11-22(23)24(29-25)30(2)3/h5-12,20-21,26H,4,13-17H2,1-3H3,(H,27,28,29)/t20-,21+. The molecule has 1 aromatic heterocycles. The zero-order valence-corrected chi connectivity index (χ0v) is 18.4. The topological polar surface area (TPSA) is 53.1 Å². The Morgan fingerprint density at radius 2 is 1.53 bits per heavy atom. The molecule has 0 radical (unpaired) electrons. The minimum absolute atomic E-state index is 0.433. The number of para-hydroxylation sites is 1. The molecular formula is C25H33N5. The summed E-state index contributed by atoms with van der Waals surface area (Å²) in [6.07, 6.45) is 5.73. The molecule has 2 N–H and O–H groups in total. The summed E-state index contributed by atoms with van der Waals surface area (Å²) in [7, 11) is 4.07. The van der Waals surface area contributed by atoms with Crippen LogP contribution in [0.2, 0.25) is 0 Å². The fourth-order valence-electron chi connectivity index (χ4n) is 4.42. The van der Waals surface area contributed by atoms with Crippen molar-refractivity contribution < 1.29 is 0 Å². The van der Waals surface area contributed by atoms with Crippen molar-refractivity contribution in [3.05, 3.63) is 59.7 Å². The molecule has 0 amide bonds. The molecule has 1 fully saturated rings. The molecule has 0 saturated heterocycles. The van der Waals surface area contributed by atoms with E-state index in [9.17, 15) is 0 Å². The Bertz CT molecular complexity index is 976. The number of fused-ring (bicyclic) bond motifs is 1. The molecule has 5 nitrogen and oxygen atoms in total. The smallest absolute Gasteiger partial charge is 0.225 e. The van der Waals surface area contributed by atoms with Crippen LogP contribution >= 0.6 is 0 Å². The molecule has 4 rings (SSSR count). The number of nitrogens with one attached hydrogen (secondary N) is 2. The minimum Gasteiger partial charge on any atom is -0.362 e. The molecule has 1 heterocycles. The molecule has 0 bridgehead atoms. The average Bonchev–Trinajstić information content (AvgIpc) is 2.78. The van der Waals surface area contributed by atoms with Gasteiger partial charge in [0.25, 0.3) is 0 Å². The largest absolute Gasteiger partial charge is 0.362 e. The van der Waals surface area contributed by atoms with Gasteiger partial charge in [0.15, 0.2) is 0 Å². The molecule has 3 aromatic rings. The monoisotopic (exact) mass is 403 g/mol. The van der Waals surface area contributed by atoms with Gasteiger partial charge in [-0.3, -0.25) is 0 Å². The summed E-state index contributed by atoms with van der Waals surface area (Å²) in [5.41, 5.74) is 3.87. The van der Waals surface area contributed by atoms with Crippen LogP contribution in [-0.4, -0.2) is 36.1 Å². The van der Waals surface area contributed by atoms with Crippen LogP contribution in [0.1, 0.15) is 43.7 Å². The van der Waals surface area contributed by atoms with E-state index in [1.807, 2.05) is 26.2 Å². The third-order valence-corrected chi connectivity index (χ3v) is 6.15. The van der Waals surface area contributed by atoms with Crippen molar-refractivity contribution in [3.8, 4) is 0 Å². The molecule has 1 aliphatic carbocycles. The molecule has 0 atom stereocenters. The SMILES string of the molecule is CCc1ccccc1CN[C@H]1CC[C@@H](Nc2nc(N(C)C)c3ccccc3n2)CC1. The number of anilines is 2. The lowest BCUT2D eigenvalue weighted by atomic mass is 9.91. The average molecular weight is 404 g/mol. The molecular weight excluding hydrogens is 370 g/mol. The number of aromatic nitrogens is 2. The van der Waals surface area contributed by atoms with Gasteiger partial charge in [-0.25, -0.2) is 4.98 Å². The fourth-order valence-corrected chi connectivity index (χ4v) is 4.42. The number of rotatable bonds is 7. The second-order valence-corrected chi connectivity index (χ2v) is 8.48. The molecule has 1 saturated carbocycles. The first kappa shape index (κ1) is 20.6. The first-order chi connectivity index (χ1) is 14.6. The Morgan fingerprint density at radius 3 is 2.27 bits per heavy atom. The van der Waals surface area contributed by atoms with Crippen LogP contribution in [-0.2, 0) is 13.0 Å². The van der Waals surface area contributed by atoms with Crippen molar-refractivity contribution in [2.75, 3.05) is 24.3 Å². The minimum atomic E-state index is 0.433. The van der Waals surface area contributed by atoms with Crippen LogP contribution < -0.4 is 15.5 Å². The zero-order valence-electron chi connectivity index (χ0n) is 18.4. The van der Waals surface area contributed by atoms with Gasteiger partial charge in [0.05, 0.1) is 5.52 Å². The van der Waals surface area contributed by atoms with Gasteiger partial charge in [-0.1, -0.05) is 43.3 Å². The molecule has 158 valence electrons. The van der Waals surface area contributed by atoms with Crippen molar-refractivity contribution >= 4 is 22.7 Å². The number of hydrogen-bond acceptors (Lipinski definition) is 5. The van der Waals surface area contributed by atoms with Crippen LogP contribution in [0.5, 0.6) is 0 Å². The summed E-state index contributed by atoms with van der Waals surface area (Å²) in [4.78, 5) is 11.6. The normalized spacial score (nSPS) is 19.0. The van der Waals surface area contributed by atoms with Crippen LogP contribution in [0, 0.1) is 0 Å². The highest BCUT2D eigenvalue weighted by molar-refractivity contribution is 5.90. The lowest BCUT2D eigenvalue weighted by molar-refractivity contribution is 0.352. The van der Waals surface area contributed by atoms with Crippen molar-refractivity contribution in [3.63, 3.8) is 0 Å². The van der Waals surface area contributed by atoms with Crippen LogP contribution in [0.15, 0.2) is 48.5 Å². The second kappa shape index (κ2) is 9.43. The first-order valence-electron chi connectivity index (χ1n) is 11.1. The molecule has 5 heteroatoms. The van der Waals surface area contributed by atoms with Crippen molar-refractivity contribution in [1.82, 2.24) is 15.3 Å². The Balaban J connectivity index is 1.35. The van der Waals surface area contributed by atoms with E-state index < -0.39 is 0 Å². The second-order valence-electron chi connectivity index (χ2n) is 8.48. The van der Waals surface area contributed by atoms with Crippen molar-refractivity contribution in [1.29, 1.82) is 0 Å². The van der Waals surface area contributed by atoms with E-state index in [0.717, 1.165) is 48.5 Å². The number of aryl methyl sites for hydroxylation is 1. The number of nitrogens with zero attached hydrogens (tertiary/aromatic N) is 3. The van der Waals surface area contributed by atoms with E-state index in [1.165, 1.54) is 24.0 Å². The maximum atomic E-state index is 4.80. The molecule has 0 unspecified atom stereocenters. The molecule has 1 aliphatic rings. The van der Waals surface area contributed by atoms with Crippen molar-refractivity contribution in [2.45, 2.75) is 57.7 Å². The van der Waals surface area contributed by atoms with Crippen molar-refractivity contribution in [2.24, 2.45) is 0 Å². The summed E-state index contributed by atoms with van der Waals surface area (Å²) < 4.78 is 0. The van der Waals surface area contributed by atoms with E-state index in [1.54, 1.807) is 0 Å². The van der Waals surface area contributed by atoms with Gasteiger partial charge in [0, 0.05) is 38.1 Å². The molecule has 0 aliphatic heterocycles. The third-order valence-electron chi connectivity index (χ3n) is 6.15. The van der Waals surface area contributed by atoms with E-state index in [-0.39, 0.29) is 0 Å². The number of hydrogen-bond donors (Lipinski definition) is 2. The van der Waals surface area contributed by atoms with Crippen LogP contribution in [0.3, 0.4) is 0 Å².